The van der Waals surface area contributed by atoms with E-state index in [1.54, 1.807) is 4.90 Å². The van der Waals surface area contributed by atoms with Gasteiger partial charge in [-0.15, -0.1) is 0 Å². The van der Waals surface area contributed by atoms with E-state index in [0.29, 0.717) is 0 Å². The molecule has 0 fully saturated rings. The van der Waals surface area contributed by atoms with Crippen LogP contribution in [0.2, 0.25) is 0 Å². The minimum absolute atomic E-state index is 1.17. The Bertz CT molecular complexity index is 300. The van der Waals surface area contributed by atoms with E-state index < -0.39 is 0 Å². The van der Waals surface area contributed by atoms with E-state index in [1.165, 1.54) is 30.6 Å². The molecule has 0 saturated carbocycles. The van der Waals surface area contributed by atoms with E-state index in [4.69, 9.17) is 0 Å². The molecule has 0 aliphatic carbocycles. The Morgan fingerprint density at radius 1 is 1.15 bits per heavy atom. The molecule has 0 spiro atoms. The molecule has 1 aromatic carbocycles. The van der Waals surface area contributed by atoms with Crippen molar-refractivity contribution in [1.82, 2.24) is 0 Å². The number of hydrogen-bond donors (Lipinski definition) is 1. The molecule has 0 amide bonds. The number of nitrogens with one attached hydrogen (secondary N) is 1. The standard InChI is InChI=1S/C12H15N/c1-13-9-7-12(8-10-13)11-5-3-2-4-6-11/h2-7H,8-10H2,1H3/p+1. The molecule has 1 heterocycles. The van der Waals surface area contributed by atoms with E-state index >= 15 is 0 Å². The highest BCUT2D eigenvalue weighted by atomic mass is 15.1. The van der Waals surface area contributed by atoms with Gasteiger partial charge in [0.05, 0.1) is 20.1 Å². The summed E-state index contributed by atoms with van der Waals surface area (Å²) in [7, 11) is 2.25. The van der Waals surface area contributed by atoms with Crippen LogP contribution in [0.3, 0.4) is 0 Å². The van der Waals surface area contributed by atoms with Crippen LogP contribution in [0.1, 0.15) is 12.0 Å². The quantitative estimate of drug-likeness (QED) is 0.647. The molecule has 0 radical (unpaired) electrons. The van der Waals surface area contributed by atoms with Gasteiger partial charge in [0.15, 0.2) is 0 Å². The Morgan fingerprint density at radius 3 is 2.54 bits per heavy atom. The summed E-state index contributed by atoms with van der Waals surface area (Å²) in [5.74, 6) is 0. The van der Waals surface area contributed by atoms with Crippen LogP contribution >= 0.6 is 0 Å². The Labute approximate surface area is 79.7 Å². The monoisotopic (exact) mass is 174 g/mol. The van der Waals surface area contributed by atoms with Crippen molar-refractivity contribution in [2.24, 2.45) is 0 Å². The van der Waals surface area contributed by atoms with Gasteiger partial charge in [-0.3, -0.25) is 0 Å². The summed E-state index contributed by atoms with van der Waals surface area (Å²) in [6, 6.07) is 10.7. The molecular weight excluding hydrogens is 158 g/mol. The number of rotatable bonds is 1. The van der Waals surface area contributed by atoms with Crippen molar-refractivity contribution in [1.29, 1.82) is 0 Å². The predicted octanol–water partition coefficient (Wildman–Crippen LogP) is 0.988. The fourth-order valence-corrected chi connectivity index (χ4v) is 1.76. The van der Waals surface area contributed by atoms with Gasteiger partial charge in [-0.1, -0.05) is 30.3 Å². The van der Waals surface area contributed by atoms with Gasteiger partial charge in [-0.2, -0.15) is 0 Å². The maximum atomic E-state index is 2.37. The van der Waals surface area contributed by atoms with E-state index in [9.17, 15) is 0 Å². The van der Waals surface area contributed by atoms with Gasteiger partial charge in [-0.05, 0) is 17.2 Å². The maximum Gasteiger partial charge on any atom is 0.0962 e. The van der Waals surface area contributed by atoms with Crippen LogP contribution in [0.25, 0.3) is 5.57 Å². The summed E-state index contributed by atoms with van der Waals surface area (Å²) in [5.41, 5.74) is 2.92. The molecule has 68 valence electrons. The highest BCUT2D eigenvalue weighted by Gasteiger charge is 2.10. The van der Waals surface area contributed by atoms with Crippen molar-refractivity contribution in [3.05, 3.63) is 42.0 Å². The van der Waals surface area contributed by atoms with Crippen molar-refractivity contribution < 1.29 is 4.90 Å². The zero-order chi connectivity index (χ0) is 9.10. The van der Waals surface area contributed by atoms with E-state index in [2.05, 4.69) is 43.5 Å². The zero-order valence-electron chi connectivity index (χ0n) is 8.09. The van der Waals surface area contributed by atoms with E-state index in [0.717, 1.165) is 0 Å². The average Bonchev–Trinajstić information content (AvgIpc) is 2.20. The van der Waals surface area contributed by atoms with Gasteiger partial charge in [0.2, 0.25) is 0 Å². The van der Waals surface area contributed by atoms with Gasteiger partial charge >= 0.3 is 0 Å². The number of quaternary nitrogens is 1. The summed E-state index contributed by atoms with van der Waals surface area (Å²) in [4.78, 5) is 1.61. The highest BCUT2D eigenvalue weighted by Crippen LogP contribution is 2.17. The molecule has 1 aliphatic rings. The van der Waals surface area contributed by atoms with Gasteiger partial charge in [-0.25, -0.2) is 0 Å². The summed E-state index contributed by atoms with van der Waals surface area (Å²) >= 11 is 0. The minimum atomic E-state index is 1.17. The normalized spacial score (nSPS) is 22.5. The molecule has 1 aromatic rings. The van der Waals surface area contributed by atoms with Crippen molar-refractivity contribution in [3.8, 4) is 0 Å². The summed E-state index contributed by atoms with van der Waals surface area (Å²) in [6.45, 7) is 2.44. The second-order valence-corrected chi connectivity index (χ2v) is 3.76. The lowest BCUT2D eigenvalue weighted by Gasteiger charge is -2.19. The minimum Gasteiger partial charge on any atom is -0.334 e. The van der Waals surface area contributed by atoms with Gasteiger partial charge in [0.25, 0.3) is 0 Å². The number of benzene rings is 1. The second kappa shape index (κ2) is 3.75. The van der Waals surface area contributed by atoms with Crippen molar-refractivity contribution in [2.45, 2.75) is 6.42 Å². The van der Waals surface area contributed by atoms with Crippen LogP contribution in [0.5, 0.6) is 0 Å². The zero-order valence-corrected chi connectivity index (χ0v) is 8.09. The molecule has 1 unspecified atom stereocenters. The Morgan fingerprint density at radius 2 is 1.92 bits per heavy atom. The molecule has 0 bridgehead atoms. The lowest BCUT2D eigenvalue weighted by Crippen LogP contribution is -3.09. The smallest absolute Gasteiger partial charge is 0.0962 e. The van der Waals surface area contributed by atoms with Crippen molar-refractivity contribution >= 4 is 5.57 Å². The molecule has 1 aliphatic heterocycles. The van der Waals surface area contributed by atoms with Crippen LogP contribution in [0.4, 0.5) is 0 Å². The summed E-state index contributed by atoms with van der Waals surface area (Å²) in [6.07, 6.45) is 3.59. The lowest BCUT2D eigenvalue weighted by atomic mass is 10.00. The molecule has 1 N–H and O–H groups in total. The topological polar surface area (TPSA) is 4.44 Å². The fourth-order valence-electron chi connectivity index (χ4n) is 1.76. The average molecular weight is 174 g/mol. The third-order valence-corrected chi connectivity index (χ3v) is 2.66. The van der Waals surface area contributed by atoms with Crippen LogP contribution in [-0.2, 0) is 0 Å². The molecule has 0 aromatic heterocycles. The number of hydrogen-bond acceptors (Lipinski definition) is 0. The summed E-state index contributed by atoms with van der Waals surface area (Å²) < 4.78 is 0. The first-order valence-corrected chi connectivity index (χ1v) is 4.92. The van der Waals surface area contributed by atoms with Crippen molar-refractivity contribution in [2.75, 3.05) is 20.1 Å². The predicted molar refractivity (Wildman–Crippen MR) is 55.7 cm³/mol. The first-order valence-electron chi connectivity index (χ1n) is 4.92. The molecular formula is C12H16N+. The molecule has 1 nitrogen and oxygen atoms in total. The Hall–Kier alpha value is -1.08. The SMILES string of the molecule is C[NH+]1CC=C(c2ccccc2)CC1. The number of likely N-dealkylation sites (N-methyl/N-ethyl adjacent to an activating group) is 1. The molecule has 13 heavy (non-hydrogen) atoms. The van der Waals surface area contributed by atoms with Crippen molar-refractivity contribution in [3.63, 3.8) is 0 Å². The first-order chi connectivity index (χ1) is 6.36. The van der Waals surface area contributed by atoms with Gasteiger partial charge in [0, 0.05) is 6.42 Å². The van der Waals surface area contributed by atoms with Crippen LogP contribution in [0.15, 0.2) is 36.4 Å². The molecule has 2 rings (SSSR count). The molecule has 1 atom stereocenters. The first kappa shape index (κ1) is 8.52. The molecule has 1 heteroatoms. The molecule has 0 saturated heterocycles. The Kier molecular flexibility index (Phi) is 2.46. The van der Waals surface area contributed by atoms with Crippen LogP contribution < -0.4 is 4.90 Å². The van der Waals surface area contributed by atoms with Crippen LogP contribution in [0, 0.1) is 0 Å². The summed E-state index contributed by atoms with van der Waals surface area (Å²) in [5, 5.41) is 0. The third kappa shape index (κ3) is 1.99. The van der Waals surface area contributed by atoms with E-state index in [-0.39, 0.29) is 0 Å². The van der Waals surface area contributed by atoms with E-state index in [1.807, 2.05) is 0 Å². The Balaban J connectivity index is 2.19. The fraction of sp³-hybridized carbons (Fsp3) is 0.333. The second-order valence-electron chi connectivity index (χ2n) is 3.76. The third-order valence-electron chi connectivity index (χ3n) is 2.66. The van der Waals surface area contributed by atoms with Crippen LogP contribution in [-0.4, -0.2) is 20.1 Å². The lowest BCUT2D eigenvalue weighted by molar-refractivity contribution is -0.874. The maximum absolute atomic E-state index is 2.37. The highest BCUT2D eigenvalue weighted by molar-refractivity contribution is 5.65. The van der Waals surface area contributed by atoms with Gasteiger partial charge in [0.1, 0.15) is 0 Å². The van der Waals surface area contributed by atoms with Gasteiger partial charge < -0.3 is 4.90 Å². The largest absolute Gasteiger partial charge is 0.334 e.